The van der Waals surface area contributed by atoms with Crippen LogP contribution in [0.1, 0.15) is 18.9 Å². The van der Waals surface area contributed by atoms with Crippen LogP contribution in [0, 0.1) is 23.2 Å². The molecule has 1 aliphatic rings. The molecule has 2 amide bonds. The standard InChI is InChI=1S/C16H19N3O4/c1-10-5-12(15(20)21)9-19(8-10)16(22)18-13-6-11(7-17)3-4-14(13)23-2/h3-4,6,10,12H,5,8-9H2,1-2H3,(H,18,22)(H,20,21). The summed E-state index contributed by atoms with van der Waals surface area (Å²) in [4.78, 5) is 25.1. The lowest BCUT2D eigenvalue weighted by atomic mass is 9.91. The molecule has 0 spiro atoms. The highest BCUT2D eigenvalue weighted by Crippen LogP contribution is 2.27. The Kier molecular flexibility index (Phi) is 5.06. The largest absolute Gasteiger partial charge is 0.495 e. The van der Waals surface area contributed by atoms with E-state index < -0.39 is 17.9 Å². The van der Waals surface area contributed by atoms with Crippen LogP contribution in [0.25, 0.3) is 0 Å². The molecule has 2 atom stereocenters. The van der Waals surface area contributed by atoms with Gasteiger partial charge in [0.05, 0.1) is 30.3 Å². The molecule has 1 heterocycles. The normalized spacial score (nSPS) is 20.5. The number of ether oxygens (including phenoxy) is 1. The van der Waals surface area contributed by atoms with Gasteiger partial charge in [0.15, 0.2) is 0 Å². The number of methoxy groups -OCH3 is 1. The van der Waals surface area contributed by atoms with Crippen molar-refractivity contribution in [2.24, 2.45) is 11.8 Å². The lowest BCUT2D eigenvalue weighted by molar-refractivity contribution is -0.143. The number of anilines is 1. The van der Waals surface area contributed by atoms with E-state index in [0.717, 1.165) is 0 Å². The number of urea groups is 1. The van der Waals surface area contributed by atoms with Crippen LogP contribution in [-0.4, -0.2) is 42.2 Å². The van der Waals surface area contributed by atoms with Gasteiger partial charge in [-0.3, -0.25) is 4.79 Å². The molecular weight excluding hydrogens is 298 g/mol. The molecule has 0 bridgehead atoms. The van der Waals surface area contributed by atoms with E-state index in [-0.39, 0.29) is 12.5 Å². The number of carbonyl (C=O) groups excluding carboxylic acids is 1. The summed E-state index contributed by atoms with van der Waals surface area (Å²) in [7, 11) is 1.47. The van der Waals surface area contributed by atoms with Crippen LogP contribution in [0.3, 0.4) is 0 Å². The van der Waals surface area contributed by atoms with E-state index in [1.807, 2.05) is 13.0 Å². The molecule has 1 aromatic carbocycles. The van der Waals surface area contributed by atoms with Gasteiger partial charge < -0.3 is 20.1 Å². The van der Waals surface area contributed by atoms with Crippen molar-refractivity contribution in [1.82, 2.24) is 4.90 Å². The van der Waals surface area contributed by atoms with E-state index in [2.05, 4.69) is 5.32 Å². The zero-order chi connectivity index (χ0) is 17.0. The fourth-order valence-electron chi connectivity index (χ4n) is 2.77. The molecular formula is C16H19N3O4. The molecule has 2 N–H and O–H groups in total. The lowest BCUT2D eigenvalue weighted by Gasteiger charge is -2.34. The smallest absolute Gasteiger partial charge is 0.321 e. The van der Waals surface area contributed by atoms with Gasteiger partial charge in [-0.2, -0.15) is 5.26 Å². The number of rotatable bonds is 3. The van der Waals surface area contributed by atoms with Gasteiger partial charge in [0.25, 0.3) is 0 Å². The first kappa shape index (κ1) is 16.6. The molecule has 7 heteroatoms. The zero-order valence-corrected chi connectivity index (χ0v) is 13.1. The molecule has 7 nitrogen and oxygen atoms in total. The third-order valence-electron chi connectivity index (χ3n) is 3.87. The molecule has 2 unspecified atom stereocenters. The van der Waals surface area contributed by atoms with Crippen LogP contribution in [-0.2, 0) is 4.79 Å². The van der Waals surface area contributed by atoms with E-state index in [1.165, 1.54) is 18.1 Å². The van der Waals surface area contributed by atoms with Gasteiger partial charge in [-0.05, 0) is 30.5 Å². The maximum absolute atomic E-state index is 12.4. The van der Waals surface area contributed by atoms with Crippen molar-refractivity contribution in [1.29, 1.82) is 5.26 Å². The van der Waals surface area contributed by atoms with Crippen molar-refractivity contribution in [3.8, 4) is 11.8 Å². The average molecular weight is 317 g/mol. The Morgan fingerprint density at radius 3 is 2.78 bits per heavy atom. The SMILES string of the molecule is COc1ccc(C#N)cc1NC(=O)N1CC(C)CC(C(=O)O)C1. The molecule has 0 aliphatic carbocycles. The minimum Gasteiger partial charge on any atom is -0.495 e. The van der Waals surface area contributed by atoms with Crippen molar-refractivity contribution >= 4 is 17.7 Å². The highest BCUT2D eigenvalue weighted by molar-refractivity contribution is 5.91. The summed E-state index contributed by atoms with van der Waals surface area (Å²) in [5.74, 6) is -0.893. The van der Waals surface area contributed by atoms with Gasteiger partial charge in [0, 0.05) is 13.1 Å². The van der Waals surface area contributed by atoms with E-state index in [1.54, 1.807) is 12.1 Å². The Balaban J connectivity index is 2.15. The lowest BCUT2D eigenvalue weighted by Crippen LogP contribution is -2.47. The topological polar surface area (TPSA) is 103 Å². The first-order valence-corrected chi connectivity index (χ1v) is 7.31. The monoisotopic (exact) mass is 317 g/mol. The third-order valence-corrected chi connectivity index (χ3v) is 3.87. The molecule has 0 radical (unpaired) electrons. The van der Waals surface area contributed by atoms with Gasteiger partial charge in [0.2, 0.25) is 0 Å². The summed E-state index contributed by atoms with van der Waals surface area (Å²) in [6, 6.07) is 6.34. The van der Waals surface area contributed by atoms with Crippen LogP contribution < -0.4 is 10.1 Å². The molecule has 1 aliphatic heterocycles. The first-order chi connectivity index (χ1) is 10.9. The predicted octanol–water partition coefficient (Wildman–Crippen LogP) is 2.14. The summed E-state index contributed by atoms with van der Waals surface area (Å²) >= 11 is 0. The van der Waals surface area contributed by atoms with Crippen molar-refractivity contribution in [2.75, 3.05) is 25.5 Å². The Morgan fingerprint density at radius 2 is 2.17 bits per heavy atom. The summed E-state index contributed by atoms with van der Waals surface area (Å²) < 4.78 is 5.18. The van der Waals surface area contributed by atoms with Crippen molar-refractivity contribution < 1.29 is 19.4 Å². The number of hydrogen-bond acceptors (Lipinski definition) is 4. The Bertz CT molecular complexity index is 653. The Hall–Kier alpha value is -2.75. The number of nitrogens with zero attached hydrogens (tertiary/aromatic N) is 2. The highest BCUT2D eigenvalue weighted by Gasteiger charge is 2.32. The highest BCUT2D eigenvalue weighted by atomic mass is 16.5. The Morgan fingerprint density at radius 1 is 1.43 bits per heavy atom. The number of carbonyl (C=O) groups is 2. The van der Waals surface area contributed by atoms with Crippen LogP contribution in [0.4, 0.5) is 10.5 Å². The average Bonchev–Trinajstić information content (AvgIpc) is 2.54. The maximum atomic E-state index is 12.4. The first-order valence-electron chi connectivity index (χ1n) is 7.31. The number of benzene rings is 1. The minimum atomic E-state index is -0.890. The number of carboxylic acids is 1. The number of carboxylic acid groups (broad SMARTS) is 1. The second-order valence-electron chi connectivity index (χ2n) is 5.74. The van der Waals surface area contributed by atoms with Gasteiger partial charge in [-0.1, -0.05) is 6.92 Å². The number of nitriles is 1. The van der Waals surface area contributed by atoms with Crippen molar-refractivity contribution in [3.05, 3.63) is 23.8 Å². The molecule has 122 valence electrons. The summed E-state index contributed by atoms with van der Waals surface area (Å²) in [5, 5.41) is 20.8. The molecule has 0 saturated carbocycles. The molecule has 0 aromatic heterocycles. The third kappa shape index (κ3) is 3.92. The summed E-state index contributed by atoms with van der Waals surface area (Å²) in [5.41, 5.74) is 0.790. The molecule has 2 rings (SSSR count). The van der Waals surface area contributed by atoms with E-state index in [0.29, 0.717) is 30.0 Å². The van der Waals surface area contributed by atoms with Crippen LogP contribution in [0.2, 0.25) is 0 Å². The van der Waals surface area contributed by atoms with E-state index >= 15 is 0 Å². The maximum Gasteiger partial charge on any atom is 0.321 e. The van der Waals surface area contributed by atoms with Crippen molar-refractivity contribution in [3.63, 3.8) is 0 Å². The summed E-state index contributed by atoms with van der Waals surface area (Å²) in [6.45, 7) is 2.59. The fraction of sp³-hybridized carbons (Fsp3) is 0.438. The second kappa shape index (κ2) is 7.01. The quantitative estimate of drug-likeness (QED) is 0.889. The predicted molar refractivity (Wildman–Crippen MR) is 83.2 cm³/mol. The minimum absolute atomic E-state index is 0.114. The molecule has 1 fully saturated rings. The van der Waals surface area contributed by atoms with Crippen LogP contribution >= 0.6 is 0 Å². The molecule has 1 aromatic rings. The van der Waals surface area contributed by atoms with Crippen LogP contribution in [0.5, 0.6) is 5.75 Å². The van der Waals surface area contributed by atoms with Gasteiger partial charge in [-0.25, -0.2) is 4.79 Å². The van der Waals surface area contributed by atoms with Gasteiger partial charge >= 0.3 is 12.0 Å². The fourth-order valence-corrected chi connectivity index (χ4v) is 2.77. The van der Waals surface area contributed by atoms with E-state index in [9.17, 15) is 14.7 Å². The van der Waals surface area contributed by atoms with Crippen LogP contribution in [0.15, 0.2) is 18.2 Å². The van der Waals surface area contributed by atoms with Gasteiger partial charge in [-0.15, -0.1) is 0 Å². The Labute approximate surface area is 134 Å². The molecule has 1 saturated heterocycles. The number of piperidine rings is 1. The summed E-state index contributed by atoms with van der Waals surface area (Å²) in [6.07, 6.45) is 0.562. The number of hydrogen-bond donors (Lipinski definition) is 2. The van der Waals surface area contributed by atoms with E-state index in [4.69, 9.17) is 10.00 Å². The van der Waals surface area contributed by atoms with Crippen molar-refractivity contribution in [2.45, 2.75) is 13.3 Å². The van der Waals surface area contributed by atoms with Gasteiger partial charge in [0.1, 0.15) is 5.75 Å². The second-order valence-corrected chi connectivity index (χ2v) is 5.74. The molecule has 23 heavy (non-hydrogen) atoms. The number of nitrogens with one attached hydrogen (secondary N) is 1. The number of amides is 2. The number of likely N-dealkylation sites (tertiary alicyclic amines) is 1. The number of aliphatic carboxylic acids is 1. The zero-order valence-electron chi connectivity index (χ0n) is 13.1.